The Labute approximate surface area is 176 Å². The molecule has 0 aliphatic rings. The van der Waals surface area contributed by atoms with Gasteiger partial charge >= 0.3 is 36.3 Å². The number of rotatable bonds is 5. The molecule has 2 unspecified atom stereocenters. The summed E-state index contributed by atoms with van der Waals surface area (Å²) in [7, 11) is 0. The predicted molar refractivity (Wildman–Crippen MR) is 87.1 cm³/mol. The molecule has 0 heterocycles. The quantitative estimate of drug-likeness (QED) is 0.493. The van der Waals surface area contributed by atoms with Crippen LogP contribution in [0.15, 0.2) is 60.7 Å². The van der Waals surface area contributed by atoms with Crippen LogP contribution < -0.4 is 0 Å². The van der Waals surface area contributed by atoms with Gasteiger partial charge in [0.2, 0.25) is 0 Å². The molecule has 2 aromatic carbocycles. The standard InChI is InChI=1S/C12H10.C6H2F12O3/c1-3-7-11(8-4-1)12-9-5-2-6-10-12;7-1(3(9,10)11,5(15,16)19)21-2(8,4(12,13)14)6(17,18)20/h1-10H;19-20H. The second-order valence-electron chi connectivity index (χ2n) is 6.10. The van der Waals surface area contributed by atoms with E-state index in [1.54, 1.807) is 0 Å². The van der Waals surface area contributed by atoms with E-state index in [0.29, 0.717) is 0 Å². The van der Waals surface area contributed by atoms with Crippen molar-refractivity contribution in [3.63, 3.8) is 0 Å². The molecule has 33 heavy (non-hydrogen) atoms. The molecule has 0 amide bonds. The van der Waals surface area contributed by atoms with E-state index in [-0.39, 0.29) is 0 Å². The minimum absolute atomic E-state index is 1.28. The fourth-order valence-corrected chi connectivity index (χ4v) is 2.03. The molecular weight excluding hydrogens is 492 g/mol. The van der Waals surface area contributed by atoms with Gasteiger partial charge in [0.25, 0.3) is 0 Å². The lowest BCUT2D eigenvalue weighted by Gasteiger charge is -2.38. The van der Waals surface area contributed by atoms with E-state index < -0.39 is 36.3 Å². The van der Waals surface area contributed by atoms with Crippen LogP contribution in [0.4, 0.5) is 52.7 Å². The molecule has 0 fully saturated rings. The van der Waals surface area contributed by atoms with Crippen LogP contribution in [-0.2, 0) is 4.74 Å². The number of hydrogen-bond donors (Lipinski definition) is 2. The first-order valence-electron chi connectivity index (χ1n) is 8.19. The van der Waals surface area contributed by atoms with Crippen LogP contribution in [0.3, 0.4) is 0 Å². The van der Waals surface area contributed by atoms with Crippen LogP contribution in [0.25, 0.3) is 11.1 Å². The van der Waals surface area contributed by atoms with Gasteiger partial charge in [-0.25, -0.2) is 0 Å². The number of halogens is 12. The van der Waals surface area contributed by atoms with Crippen LogP contribution in [0, 0.1) is 0 Å². The predicted octanol–water partition coefficient (Wildman–Crippen LogP) is 5.98. The molecule has 2 atom stereocenters. The number of alkyl halides is 12. The molecule has 0 aliphatic heterocycles. The molecule has 0 radical (unpaired) electrons. The van der Waals surface area contributed by atoms with Crippen molar-refractivity contribution in [3.05, 3.63) is 60.7 Å². The van der Waals surface area contributed by atoms with Crippen LogP contribution in [-0.4, -0.2) is 46.5 Å². The monoisotopic (exact) mass is 504 g/mol. The number of ether oxygens (including phenoxy) is 1. The summed E-state index contributed by atoms with van der Waals surface area (Å²) in [5.74, 6) is -14.5. The van der Waals surface area contributed by atoms with Gasteiger partial charge < -0.3 is 10.2 Å². The minimum Gasteiger partial charge on any atom is -0.331 e. The van der Waals surface area contributed by atoms with Gasteiger partial charge in [-0.15, -0.1) is 0 Å². The molecule has 0 aromatic heterocycles. The number of benzene rings is 2. The summed E-state index contributed by atoms with van der Waals surface area (Å²) in [6.07, 6.45) is -28.4. The zero-order valence-corrected chi connectivity index (χ0v) is 15.6. The fraction of sp³-hybridized carbons (Fsp3) is 0.333. The summed E-state index contributed by atoms with van der Waals surface area (Å²) in [6, 6.07) is 20.8. The van der Waals surface area contributed by atoms with Crippen molar-refractivity contribution in [2.24, 2.45) is 0 Å². The van der Waals surface area contributed by atoms with Crippen molar-refractivity contribution in [1.82, 2.24) is 0 Å². The Balaban J connectivity index is 0.000000377. The lowest BCUT2D eigenvalue weighted by Crippen LogP contribution is -2.67. The number of hydrogen-bond acceptors (Lipinski definition) is 3. The van der Waals surface area contributed by atoms with E-state index in [9.17, 15) is 52.7 Å². The van der Waals surface area contributed by atoms with Gasteiger partial charge in [-0.2, -0.15) is 52.7 Å². The zero-order valence-electron chi connectivity index (χ0n) is 15.6. The summed E-state index contributed by atoms with van der Waals surface area (Å²) >= 11 is 0. The van der Waals surface area contributed by atoms with Crippen molar-refractivity contribution in [1.29, 1.82) is 0 Å². The van der Waals surface area contributed by atoms with Crippen LogP contribution in [0.5, 0.6) is 0 Å². The third kappa shape index (κ3) is 6.29. The van der Waals surface area contributed by atoms with Gasteiger partial charge in [-0.3, -0.25) is 4.74 Å². The van der Waals surface area contributed by atoms with E-state index in [0.717, 1.165) is 0 Å². The third-order valence-electron chi connectivity index (χ3n) is 3.67. The highest BCUT2D eigenvalue weighted by Crippen LogP contribution is 2.53. The molecule has 186 valence electrons. The zero-order chi connectivity index (χ0) is 25.9. The first kappa shape index (κ1) is 28.5. The highest BCUT2D eigenvalue weighted by molar-refractivity contribution is 5.62. The van der Waals surface area contributed by atoms with Gasteiger partial charge in [-0.1, -0.05) is 60.7 Å². The van der Waals surface area contributed by atoms with E-state index in [2.05, 4.69) is 48.5 Å². The van der Waals surface area contributed by atoms with Crippen molar-refractivity contribution < 1.29 is 67.6 Å². The van der Waals surface area contributed by atoms with Gasteiger partial charge in [0.1, 0.15) is 0 Å². The van der Waals surface area contributed by atoms with E-state index >= 15 is 0 Å². The van der Waals surface area contributed by atoms with Crippen LogP contribution in [0.2, 0.25) is 0 Å². The maximum absolute atomic E-state index is 12.8. The summed E-state index contributed by atoms with van der Waals surface area (Å²) in [5.41, 5.74) is 2.55. The average Bonchev–Trinajstić information content (AvgIpc) is 2.66. The normalized spacial score (nSPS) is 16.8. The summed E-state index contributed by atoms with van der Waals surface area (Å²) in [6.45, 7) is 0. The van der Waals surface area contributed by atoms with Crippen LogP contribution in [0.1, 0.15) is 0 Å². The SMILES string of the molecule is OC(F)(F)C(F)(OC(F)(C(O)(F)F)C(F)(F)F)C(F)(F)F.c1ccc(-c2ccccc2)cc1. The Hall–Kier alpha value is -2.52. The average molecular weight is 504 g/mol. The van der Waals surface area contributed by atoms with Crippen molar-refractivity contribution >= 4 is 0 Å². The van der Waals surface area contributed by atoms with E-state index in [4.69, 9.17) is 10.2 Å². The molecule has 2 rings (SSSR count). The lowest BCUT2D eigenvalue weighted by atomic mass is 10.1. The third-order valence-corrected chi connectivity index (χ3v) is 3.67. The molecule has 0 aliphatic carbocycles. The van der Waals surface area contributed by atoms with E-state index in [1.165, 1.54) is 15.9 Å². The largest absolute Gasteiger partial charge is 0.458 e. The molecular formula is C18H12F12O3. The van der Waals surface area contributed by atoms with Gasteiger partial charge in [-0.05, 0) is 11.1 Å². The summed E-state index contributed by atoms with van der Waals surface area (Å²) in [4.78, 5) is 0. The fourth-order valence-electron chi connectivity index (χ4n) is 2.03. The maximum Gasteiger partial charge on any atom is 0.458 e. The molecule has 3 nitrogen and oxygen atoms in total. The Morgan fingerprint density at radius 1 is 0.455 bits per heavy atom. The topological polar surface area (TPSA) is 49.7 Å². The second-order valence-corrected chi connectivity index (χ2v) is 6.10. The van der Waals surface area contributed by atoms with Crippen LogP contribution >= 0.6 is 0 Å². The molecule has 0 saturated heterocycles. The van der Waals surface area contributed by atoms with Gasteiger partial charge in [0.05, 0.1) is 0 Å². The number of aliphatic hydroxyl groups is 2. The molecule has 0 bridgehead atoms. The molecule has 15 heteroatoms. The maximum atomic E-state index is 12.8. The second kappa shape index (κ2) is 9.38. The Kier molecular flexibility index (Phi) is 8.11. The first-order valence-corrected chi connectivity index (χ1v) is 8.19. The molecule has 0 spiro atoms. The molecule has 2 N–H and O–H groups in total. The smallest absolute Gasteiger partial charge is 0.331 e. The van der Waals surface area contributed by atoms with E-state index in [1.807, 2.05) is 12.1 Å². The van der Waals surface area contributed by atoms with Gasteiger partial charge in [0.15, 0.2) is 0 Å². The molecule has 2 aromatic rings. The molecule has 0 saturated carbocycles. The Morgan fingerprint density at radius 3 is 0.879 bits per heavy atom. The van der Waals surface area contributed by atoms with Gasteiger partial charge in [0, 0.05) is 0 Å². The highest BCUT2D eigenvalue weighted by Gasteiger charge is 2.83. The first-order chi connectivity index (χ1) is 14.7. The Bertz CT molecular complexity index is 770. The lowest BCUT2D eigenvalue weighted by molar-refractivity contribution is -0.541. The summed E-state index contributed by atoms with van der Waals surface area (Å²) < 4.78 is 147. The highest BCUT2D eigenvalue weighted by atomic mass is 19.4. The minimum atomic E-state index is -7.29. The van der Waals surface area contributed by atoms with Crippen molar-refractivity contribution in [2.45, 2.75) is 36.3 Å². The Morgan fingerprint density at radius 2 is 0.697 bits per heavy atom. The van der Waals surface area contributed by atoms with Crippen molar-refractivity contribution in [3.8, 4) is 11.1 Å². The summed E-state index contributed by atoms with van der Waals surface area (Å²) in [5, 5.41) is 15.1. The van der Waals surface area contributed by atoms with Crippen molar-refractivity contribution in [2.75, 3.05) is 0 Å².